The molecule has 120 valence electrons. The predicted molar refractivity (Wildman–Crippen MR) is 95.1 cm³/mol. The van der Waals surface area contributed by atoms with Gasteiger partial charge >= 0.3 is 0 Å². The second-order valence-corrected chi connectivity index (χ2v) is 10.3. The van der Waals surface area contributed by atoms with Gasteiger partial charge in [0.2, 0.25) is 10.0 Å². The van der Waals surface area contributed by atoms with Gasteiger partial charge in [0.05, 0.1) is 0 Å². The van der Waals surface area contributed by atoms with E-state index in [1.54, 1.807) is 6.07 Å². The van der Waals surface area contributed by atoms with E-state index in [0.29, 0.717) is 16.0 Å². The molecule has 8 heteroatoms. The monoisotopic (exact) mass is 366 g/mol. The van der Waals surface area contributed by atoms with Crippen molar-refractivity contribution in [2.24, 2.45) is 0 Å². The molecule has 1 aliphatic heterocycles. The van der Waals surface area contributed by atoms with Crippen LogP contribution in [0.2, 0.25) is 0 Å². The van der Waals surface area contributed by atoms with Gasteiger partial charge in [-0.15, -0.1) is 11.3 Å². The number of nitrogens with one attached hydrogen (secondary N) is 2. The fourth-order valence-corrected chi connectivity index (χ4v) is 6.98. The minimum Gasteiger partial charge on any atom is -0.313 e. The smallest absolute Gasteiger partial charge is 0.250 e. The molecule has 1 atom stereocenters. The lowest BCUT2D eigenvalue weighted by Gasteiger charge is -2.20. The highest BCUT2D eigenvalue weighted by atomic mass is 32.2. The molecule has 1 fully saturated rings. The number of thiophene rings is 1. The van der Waals surface area contributed by atoms with E-state index < -0.39 is 10.0 Å². The first kappa shape index (κ1) is 17.6. The molecule has 2 N–H and O–H groups in total. The number of hydrogen-bond donors (Lipinski definition) is 2. The van der Waals surface area contributed by atoms with Crippen molar-refractivity contribution in [1.29, 1.82) is 0 Å². The van der Waals surface area contributed by atoms with Crippen molar-refractivity contribution in [2.45, 2.75) is 29.3 Å². The Morgan fingerprint density at radius 3 is 2.95 bits per heavy atom. The van der Waals surface area contributed by atoms with Gasteiger partial charge in [-0.05, 0) is 30.0 Å². The molecule has 0 spiro atoms. The Kier molecular flexibility index (Phi) is 7.37. The van der Waals surface area contributed by atoms with Crippen molar-refractivity contribution in [3.8, 4) is 0 Å². The summed E-state index contributed by atoms with van der Waals surface area (Å²) in [5.41, 5.74) is 1.04. The van der Waals surface area contributed by atoms with E-state index >= 15 is 0 Å². The Morgan fingerprint density at radius 1 is 1.38 bits per heavy atom. The molecule has 0 aromatic carbocycles. The van der Waals surface area contributed by atoms with Crippen LogP contribution in [0.4, 0.5) is 0 Å². The van der Waals surface area contributed by atoms with Crippen molar-refractivity contribution >= 4 is 44.9 Å². The third kappa shape index (κ3) is 5.76. The maximum absolute atomic E-state index is 12.3. The zero-order chi connectivity index (χ0) is 15.1. The molecule has 0 radical (unpaired) electrons. The molecule has 0 bridgehead atoms. The Morgan fingerprint density at radius 2 is 2.24 bits per heavy atom. The minimum atomic E-state index is -3.35. The van der Waals surface area contributed by atoms with Gasteiger partial charge in [-0.2, -0.15) is 23.5 Å². The van der Waals surface area contributed by atoms with E-state index in [0.717, 1.165) is 36.6 Å². The molecule has 4 nitrogen and oxygen atoms in total. The van der Waals surface area contributed by atoms with E-state index in [4.69, 9.17) is 0 Å². The number of thioether (sulfide) groups is 2. The van der Waals surface area contributed by atoms with Crippen LogP contribution >= 0.6 is 34.9 Å². The first-order valence-corrected chi connectivity index (χ1v) is 11.7. The van der Waals surface area contributed by atoms with Gasteiger partial charge in [0.1, 0.15) is 4.21 Å². The van der Waals surface area contributed by atoms with Crippen LogP contribution in [0.3, 0.4) is 0 Å². The summed E-state index contributed by atoms with van der Waals surface area (Å²) in [6.07, 6.45) is 1.08. The highest BCUT2D eigenvalue weighted by Crippen LogP contribution is 2.24. The molecule has 1 unspecified atom stereocenters. The number of rotatable bonds is 8. The summed E-state index contributed by atoms with van der Waals surface area (Å²) in [5, 5.41) is 5.60. The van der Waals surface area contributed by atoms with Crippen molar-refractivity contribution in [2.75, 3.05) is 30.3 Å². The zero-order valence-corrected chi connectivity index (χ0v) is 15.4. The Hall–Kier alpha value is 0.270. The first-order chi connectivity index (χ1) is 10.1. The van der Waals surface area contributed by atoms with Crippen LogP contribution in [-0.4, -0.2) is 44.0 Å². The first-order valence-electron chi connectivity index (χ1n) is 7.09. The highest BCUT2D eigenvalue weighted by molar-refractivity contribution is 8.06. The Balaban J connectivity index is 1.86. The lowest BCUT2D eigenvalue weighted by Crippen LogP contribution is -2.33. The van der Waals surface area contributed by atoms with Gasteiger partial charge in [-0.1, -0.05) is 6.92 Å². The van der Waals surface area contributed by atoms with Crippen LogP contribution in [0.25, 0.3) is 0 Å². The van der Waals surface area contributed by atoms with Gasteiger partial charge in [0.15, 0.2) is 0 Å². The molecular weight excluding hydrogens is 344 g/mol. The van der Waals surface area contributed by atoms with Gasteiger partial charge in [-0.25, -0.2) is 13.1 Å². The average molecular weight is 367 g/mol. The summed E-state index contributed by atoms with van der Waals surface area (Å²) < 4.78 is 27.7. The number of sulfonamides is 1. The molecule has 2 heterocycles. The van der Waals surface area contributed by atoms with Crippen molar-refractivity contribution in [3.63, 3.8) is 0 Å². The van der Waals surface area contributed by atoms with Crippen LogP contribution < -0.4 is 10.0 Å². The van der Waals surface area contributed by atoms with Crippen molar-refractivity contribution in [3.05, 3.63) is 17.0 Å². The SMILES string of the molecule is CCCNCc1csc(S(=O)(=O)NCC2CSCCS2)c1. The fraction of sp³-hybridized carbons (Fsp3) is 0.692. The maximum atomic E-state index is 12.3. The van der Waals surface area contributed by atoms with Crippen LogP contribution in [0, 0.1) is 0 Å². The highest BCUT2D eigenvalue weighted by Gasteiger charge is 2.20. The lowest BCUT2D eigenvalue weighted by molar-refractivity contribution is 0.583. The second-order valence-electron chi connectivity index (χ2n) is 4.87. The summed E-state index contributed by atoms with van der Waals surface area (Å²) in [7, 11) is -3.35. The Bertz CT molecular complexity index is 524. The predicted octanol–water partition coefficient (Wildman–Crippen LogP) is 2.37. The third-order valence-electron chi connectivity index (χ3n) is 3.04. The Labute approximate surface area is 139 Å². The van der Waals surface area contributed by atoms with Crippen LogP contribution in [0.15, 0.2) is 15.7 Å². The molecule has 1 saturated heterocycles. The van der Waals surface area contributed by atoms with E-state index in [1.165, 1.54) is 17.1 Å². The van der Waals surface area contributed by atoms with E-state index in [1.807, 2.05) is 28.9 Å². The van der Waals surface area contributed by atoms with Crippen LogP contribution in [0.1, 0.15) is 18.9 Å². The minimum absolute atomic E-state index is 0.393. The summed E-state index contributed by atoms with van der Waals surface area (Å²) in [5.74, 6) is 3.32. The standard InChI is InChI=1S/C13H22N2O2S4/c1-2-3-14-7-11-6-13(20-9-11)21(16,17)15-8-12-10-18-4-5-19-12/h6,9,12,14-15H,2-5,7-8,10H2,1H3. The maximum Gasteiger partial charge on any atom is 0.250 e. The lowest BCUT2D eigenvalue weighted by atomic mass is 10.3. The van der Waals surface area contributed by atoms with Crippen LogP contribution in [-0.2, 0) is 16.6 Å². The molecule has 1 aromatic rings. The molecule has 21 heavy (non-hydrogen) atoms. The third-order valence-corrected chi connectivity index (χ3v) is 8.79. The topological polar surface area (TPSA) is 58.2 Å². The van der Waals surface area contributed by atoms with Crippen molar-refractivity contribution < 1.29 is 8.42 Å². The zero-order valence-electron chi connectivity index (χ0n) is 12.1. The number of hydrogen-bond acceptors (Lipinski definition) is 6. The molecular formula is C13H22N2O2S4. The van der Waals surface area contributed by atoms with Gasteiger partial charge < -0.3 is 5.32 Å². The summed E-state index contributed by atoms with van der Waals surface area (Å²) in [4.78, 5) is 0. The van der Waals surface area contributed by atoms with E-state index in [9.17, 15) is 8.42 Å². The van der Waals surface area contributed by atoms with Gasteiger partial charge in [0, 0.05) is 35.6 Å². The van der Waals surface area contributed by atoms with Gasteiger partial charge in [0.25, 0.3) is 0 Å². The molecule has 0 amide bonds. The van der Waals surface area contributed by atoms with E-state index in [2.05, 4.69) is 17.0 Å². The quantitative estimate of drug-likeness (QED) is 0.692. The van der Waals surface area contributed by atoms with Crippen molar-refractivity contribution in [1.82, 2.24) is 10.0 Å². The summed E-state index contributed by atoms with van der Waals surface area (Å²) in [6.45, 7) is 4.32. The molecule has 0 saturated carbocycles. The van der Waals surface area contributed by atoms with E-state index in [-0.39, 0.29) is 0 Å². The average Bonchev–Trinajstić information content (AvgIpc) is 2.96. The molecule has 2 rings (SSSR count). The summed E-state index contributed by atoms with van der Waals surface area (Å²) >= 11 is 5.07. The second kappa shape index (κ2) is 8.79. The normalized spacial score (nSPS) is 19.8. The summed E-state index contributed by atoms with van der Waals surface area (Å²) in [6, 6.07) is 1.78. The molecule has 1 aromatic heterocycles. The molecule has 1 aliphatic rings. The van der Waals surface area contributed by atoms with Crippen LogP contribution in [0.5, 0.6) is 0 Å². The van der Waals surface area contributed by atoms with Gasteiger partial charge in [-0.3, -0.25) is 0 Å². The molecule has 0 aliphatic carbocycles. The fourth-order valence-electron chi connectivity index (χ4n) is 1.92. The largest absolute Gasteiger partial charge is 0.313 e.